The maximum Gasteiger partial charge on any atom is 0.182 e. The van der Waals surface area contributed by atoms with Gasteiger partial charge in [0.05, 0.1) is 5.52 Å². The summed E-state index contributed by atoms with van der Waals surface area (Å²) in [5.41, 5.74) is 1.84. The van der Waals surface area contributed by atoms with E-state index in [1.54, 1.807) is 6.92 Å². The highest BCUT2D eigenvalue weighted by atomic mass is 19.2. The Bertz CT molecular complexity index is 471. The van der Waals surface area contributed by atoms with Crippen LogP contribution in [-0.2, 0) is 0 Å². The zero-order valence-corrected chi connectivity index (χ0v) is 7.41. The van der Waals surface area contributed by atoms with Crippen LogP contribution < -0.4 is 0 Å². The zero-order chi connectivity index (χ0) is 9.59. The van der Waals surface area contributed by atoms with E-state index in [1.807, 2.05) is 13.0 Å². The number of fused-ring (bicyclic) bond motifs is 1. The normalized spacial score (nSPS) is 11.1. The SMILES string of the molecule is Cc1cc2c(C)cc(F)c(F)c2[nH]1. The van der Waals surface area contributed by atoms with Crippen molar-refractivity contribution in [1.29, 1.82) is 0 Å². The molecule has 1 aromatic heterocycles. The van der Waals surface area contributed by atoms with Gasteiger partial charge in [0.15, 0.2) is 11.6 Å². The Labute approximate surface area is 74.4 Å². The van der Waals surface area contributed by atoms with Crippen LogP contribution in [0.1, 0.15) is 11.3 Å². The maximum absolute atomic E-state index is 13.2. The molecule has 0 bridgehead atoms. The predicted molar refractivity (Wildman–Crippen MR) is 47.7 cm³/mol. The molecule has 1 aromatic carbocycles. The predicted octanol–water partition coefficient (Wildman–Crippen LogP) is 3.06. The lowest BCUT2D eigenvalue weighted by Crippen LogP contribution is -1.87. The van der Waals surface area contributed by atoms with Crippen LogP contribution >= 0.6 is 0 Å². The van der Waals surface area contributed by atoms with Crippen molar-refractivity contribution >= 4 is 10.9 Å². The van der Waals surface area contributed by atoms with Crippen molar-refractivity contribution in [3.05, 3.63) is 35.0 Å². The summed E-state index contributed by atoms with van der Waals surface area (Å²) >= 11 is 0. The third-order valence-corrected chi connectivity index (χ3v) is 2.15. The van der Waals surface area contributed by atoms with E-state index in [4.69, 9.17) is 0 Å². The molecule has 0 aliphatic rings. The maximum atomic E-state index is 13.2. The number of benzene rings is 1. The summed E-state index contributed by atoms with van der Waals surface area (Å²) in [6.45, 7) is 3.58. The van der Waals surface area contributed by atoms with Gasteiger partial charge in [-0.05, 0) is 31.5 Å². The van der Waals surface area contributed by atoms with Crippen LogP contribution in [-0.4, -0.2) is 4.98 Å². The molecule has 2 rings (SSSR count). The number of halogens is 2. The van der Waals surface area contributed by atoms with Gasteiger partial charge >= 0.3 is 0 Å². The molecule has 1 N–H and O–H groups in total. The van der Waals surface area contributed by atoms with Gasteiger partial charge in [0.1, 0.15) is 0 Å². The van der Waals surface area contributed by atoms with Gasteiger partial charge in [0, 0.05) is 11.1 Å². The van der Waals surface area contributed by atoms with Crippen molar-refractivity contribution in [2.75, 3.05) is 0 Å². The second kappa shape index (κ2) is 2.55. The van der Waals surface area contributed by atoms with E-state index in [1.165, 1.54) is 6.07 Å². The van der Waals surface area contributed by atoms with E-state index in [-0.39, 0.29) is 5.52 Å². The minimum atomic E-state index is -0.799. The number of aromatic amines is 1. The Morgan fingerprint density at radius 3 is 2.54 bits per heavy atom. The van der Waals surface area contributed by atoms with Crippen LogP contribution in [0.5, 0.6) is 0 Å². The minimum absolute atomic E-state index is 0.259. The fourth-order valence-corrected chi connectivity index (χ4v) is 1.52. The summed E-state index contributed by atoms with van der Waals surface area (Å²) in [5, 5.41) is 0.747. The van der Waals surface area contributed by atoms with Gasteiger partial charge in [0.25, 0.3) is 0 Å². The van der Waals surface area contributed by atoms with Crippen LogP contribution in [0.3, 0.4) is 0 Å². The summed E-state index contributed by atoms with van der Waals surface area (Å²) in [7, 11) is 0. The third kappa shape index (κ3) is 1.11. The Hall–Kier alpha value is -1.38. The van der Waals surface area contributed by atoms with E-state index in [2.05, 4.69) is 4.98 Å². The molecule has 3 heteroatoms. The van der Waals surface area contributed by atoms with E-state index in [9.17, 15) is 8.78 Å². The van der Waals surface area contributed by atoms with Crippen LogP contribution in [0.25, 0.3) is 10.9 Å². The van der Waals surface area contributed by atoms with Crippen molar-refractivity contribution in [2.24, 2.45) is 0 Å². The summed E-state index contributed by atoms with van der Waals surface area (Å²) in [6.07, 6.45) is 0. The quantitative estimate of drug-likeness (QED) is 0.642. The second-order valence-corrected chi connectivity index (χ2v) is 3.23. The molecule has 0 atom stereocenters. The Balaban J connectivity index is 2.95. The number of H-pyrrole nitrogens is 1. The number of hydrogen-bond donors (Lipinski definition) is 1. The van der Waals surface area contributed by atoms with Crippen molar-refractivity contribution < 1.29 is 8.78 Å². The van der Waals surface area contributed by atoms with Gasteiger partial charge in [-0.3, -0.25) is 0 Å². The third-order valence-electron chi connectivity index (χ3n) is 2.15. The number of hydrogen-bond acceptors (Lipinski definition) is 0. The minimum Gasteiger partial charge on any atom is -0.356 e. The molecule has 0 aliphatic heterocycles. The van der Waals surface area contributed by atoms with E-state index in [0.717, 1.165) is 16.6 Å². The van der Waals surface area contributed by atoms with Crippen LogP contribution in [0, 0.1) is 25.5 Å². The van der Waals surface area contributed by atoms with Gasteiger partial charge in [-0.25, -0.2) is 8.78 Å². The highest BCUT2D eigenvalue weighted by Gasteiger charge is 2.11. The highest BCUT2D eigenvalue weighted by molar-refractivity contribution is 5.84. The van der Waals surface area contributed by atoms with E-state index in [0.29, 0.717) is 0 Å². The molecule has 0 spiro atoms. The molecule has 1 nitrogen and oxygen atoms in total. The molecule has 0 saturated heterocycles. The summed E-state index contributed by atoms with van der Waals surface area (Å²) in [5.74, 6) is -1.60. The van der Waals surface area contributed by atoms with Crippen LogP contribution in [0.2, 0.25) is 0 Å². The second-order valence-electron chi connectivity index (χ2n) is 3.23. The first-order valence-electron chi connectivity index (χ1n) is 4.03. The van der Waals surface area contributed by atoms with Crippen molar-refractivity contribution in [2.45, 2.75) is 13.8 Å². The molecular weight excluding hydrogens is 172 g/mol. The first-order valence-corrected chi connectivity index (χ1v) is 4.03. The first-order chi connectivity index (χ1) is 6.09. The van der Waals surface area contributed by atoms with E-state index >= 15 is 0 Å². The van der Waals surface area contributed by atoms with E-state index < -0.39 is 11.6 Å². The van der Waals surface area contributed by atoms with Crippen molar-refractivity contribution in [1.82, 2.24) is 4.98 Å². The number of aromatic nitrogens is 1. The highest BCUT2D eigenvalue weighted by Crippen LogP contribution is 2.24. The molecule has 68 valence electrons. The van der Waals surface area contributed by atoms with Gasteiger partial charge in [-0.1, -0.05) is 0 Å². The summed E-state index contributed by atoms with van der Waals surface area (Å²) in [4.78, 5) is 2.79. The number of nitrogens with one attached hydrogen (secondary N) is 1. The molecule has 0 fully saturated rings. The van der Waals surface area contributed by atoms with Crippen LogP contribution in [0.4, 0.5) is 8.78 Å². The molecular formula is C10H9F2N. The fourth-order valence-electron chi connectivity index (χ4n) is 1.52. The Morgan fingerprint density at radius 2 is 1.85 bits per heavy atom. The first kappa shape index (κ1) is 8.23. The molecule has 1 heterocycles. The zero-order valence-electron chi connectivity index (χ0n) is 7.41. The molecule has 0 unspecified atom stereocenters. The number of aryl methyl sites for hydroxylation is 2. The summed E-state index contributed by atoms with van der Waals surface area (Å²) in [6, 6.07) is 3.03. The average Bonchev–Trinajstić information content (AvgIpc) is 2.44. The molecule has 0 radical (unpaired) electrons. The van der Waals surface area contributed by atoms with Crippen LogP contribution in [0.15, 0.2) is 12.1 Å². The molecule has 0 aliphatic carbocycles. The fraction of sp³-hybridized carbons (Fsp3) is 0.200. The van der Waals surface area contributed by atoms with Crippen molar-refractivity contribution in [3.8, 4) is 0 Å². The van der Waals surface area contributed by atoms with Gasteiger partial charge in [0.2, 0.25) is 0 Å². The van der Waals surface area contributed by atoms with Gasteiger partial charge in [-0.15, -0.1) is 0 Å². The average molecular weight is 181 g/mol. The largest absolute Gasteiger partial charge is 0.356 e. The molecule has 0 amide bonds. The Morgan fingerprint density at radius 1 is 1.15 bits per heavy atom. The molecule has 13 heavy (non-hydrogen) atoms. The lowest BCUT2D eigenvalue weighted by molar-refractivity contribution is 0.515. The topological polar surface area (TPSA) is 15.8 Å². The monoisotopic (exact) mass is 181 g/mol. The standard InChI is InChI=1S/C10H9F2N/c1-5-3-8(11)9(12)10-7(5)4-6(2)13-10/h3-4,13H,1-2H3. The van der Waals surface area contributed by atoms with Gasteiger partial charge < -0.3 is 4.98 Å². The van der Waals surface area contributed by atoms with Gasteiger partial charge in [-0.2, -0.15) is 0 Å². The van der Waals surface area contributed by atoms with Crippen molar-refractivity contribution in [3.63, 3.8) is 0 Å². The molecule has 2 aromatic rings. The lowest BCUT2D eigenvalue weighted by atomic mass is 10.1. The smallest absolute Gasteiger partial charge is 0.182 e. The lowest BCUT2D eigenvalue weighted by Gasteiger charge is -1.98. The summed E-state index contributed by atoms with van der Waals surface area (Å²) < 4.78 is 26.1. The number of rotatable bonds is 0. The molecule has 0 saturated carbocycles. The Kier molecular flexibility index (Phi) is 1.62.